The molecule has 2 N–H and O–H groups in total. The Morgan fingerprint density at radius 3 is 2.34 bits per heavy atom. The number of nitrogens with one attached hydrogen (secondary N) is 2. The number of nitrogens with zero attached hydrogens (tertiary/aromatic N) is 2. The lowest BCUT2D eigenvalue weighted by atomic mass is 10.2. The molecule has 0 radical (unpaired) electrons. The molecular formula is C21H25ClN4O3. The maximum absolute atomic E-state index is 12.5. The van der Waals surface area contributed by atoms with Crippen LogP contribution in [0.5, 0.6) is 5.75 Å². The quantitative estimate of drug-likeness (QED) is 0.756. The van der Waals surface area contributed by atoms with Crippen LogP contribution in [-0.2, 0) is 4.79 Å². The highest BCUT2D eigenvalue weighted by Crippen LogP contribution is 2.22. The summed E-state index contributed by atoms with van der Waals surface area (Å²) in [4.78, 5) is 28.3. The molecule has 3 rings (SSSR count). The Kier molecular flexibility index (Phi) is 6.82. The van der Waals surface area contributed by atoms with Crippen molar-refractivity contribution in [2.24, 2.45) is 0 Å². The Bertz CT molecular complexity index is 865. The Morgan fingerprint density at radius 2 is 1.76 bits per heavy atom. The fraction of sp³-hybridized carbons (Fsp3) is 0.333. The van der Waals surface area contributed by atoms with Crippen LogP contribution in [0, 0.1) is 0 Å². The molecule has 2 aromatic carbocycles. The maximum atomic E-state index is 12.5. The van der Waals surface area contributed by atoms with Gasteiger partial charge in [-0.25, -0.2) is 0 Å². The van der Waals surface area contributed by atoms with E-state index in [1.165, 1.54) is 0 Å². The number of amides is 2. The van der Waals surface area contributed by atoms with Crippen molar-refractivity contribution < 1.29 is 14.3 Å². The van der Waals surface area contributed by atoms with E-state index >= 15 is 0 Å². The number of halogens is 1. The van der Waals surface area contributed by atoms with Crippen molar-refractivity contribution in [1.29, 1.82) is 0 Å². The topological polar surface area (TPSA) is 73.9 Å². The molecule has 8 heteroatoms. The summed E-state index contributed by atoms with van der Waals surface area (Å²) in [6.07, 6.45) is 0. The van der Waals surface area contributed by atoms with E-state index in [-0.39, 0.29) is 18.4 Å². The molecule has 1 saturated heterocycles. The van der Waals surface area contributed by atoms with Crippen LogP contribution < -0.4 is 20.3 Å². The third-order valence-electron chi connectivity index (χ3n) is 4.95. The number of hydrogen-bond donors (Lipinski definition) is 2. The Balaban J connectivity index is 1.49. The predicted molar refractivity (Wildman–Crippen MR) is 115 cm³/mol. The van der Waals surface area contributed by atoms with E-state index in [2.05, 4.69) is 15.5 Å². The number of piperazine rings is 1. The van der Waals surface area contributed by atoms with E-state index in [0.717, 1.165) is 24.5 Å². The first kappa shape index (κ1) is 20.8. The van der Waals surface area contributed by atoms with Crippen molar-refractivity contribution in [3.8, 4) is 5.75 Å². The fourth-order valence-electron chi connectivity index (χ4n) is 3.24. The highest BCUT2D eigenvalue weighted by molar-refractivity contribution is 6.34. The minimum absolute atomic E-state index is 0.0332. The summed E-state index contributed by atoms with van der Waals surface area (Å²) in [5.74, 6) is 0.621. The molecule has 2 aromatic rings. The summed E-state index contributed by atoms with van der Waals surface area (Å²) < 4.78 is 5.19. The molecule has 1 fully saturated rings. The lowest BCUT2D eigenvalue weighted by Crippen LogP contribution is -2.50. The molecule has 154 valence electrons. The molecule has 0 unspecified atom stereocenters. The third-order valence-corrected chi connectivity index (χ3v) is 5.27. The van der Waals surface area contributed by atoms with E-state index in [4.69, 9.17) is 16.3 Å². The van der Waals surface area contributed by atoms with Crippen LogP contribution >= 0.6 is 11.6 Å². The second kappa shape index (κ2) is 9.52. The zero-order valence-corrected chi connectivity index (χ0v) is 17.3. The predicted octanol–water partition coefficient (Wildman–Crippen LogP) is 2.47. The van der Waals surface area contributed by atoms with Crippen molar-refractivity contribution in [2.45, 2.75) is 0 Å². The van der Waals surface area contributed by atoms with Crippen molar-refractivity contribution >= 4 is 34.8 Å². The molecule has 0 saturated carbocycles. The highest BCUT2D eigenvalue weighted by atomic mass is 35.5. The van der Waals surface area contributed by atoms with Gasteiger partial charge in [0.05, 0.1) is 24.2 Å². The first-order valence-electron chi connectivity index (χ1n) is 9.44. The van der Waals surface area contributed by atoms with Crippen LogP contribution in [0.2, 0.25) is 5.02 Å². The molecule has 29 heavy (non-hydrogen) atoms. The third kappa shape index (κ3) is 5.12. The summed E-state index contributed by atoms with van der Waals surface area (Å²) in [7, 11) is 3.20. The lowest BCUT2D eigenvalue weighted by Gasteiger charge is -2.36. The molecule has 0 atom stereocenters. The van der Waals surface area contributed by atoms with Crippen LogP contribution in [0.3, 0.4) is 0 Å². The summed E-state index contributed by atoms with van der Waals surface area (Å²) in [6.45, 7) is 3.08. The molecule has 1 aliphatic rings. The minimum atomic E-state index is -0.243. The van der Waals surface area contributed by atoms with Crippen molar-refractivity contribution in [3.05, 3.63) is 53.1 Å². The number of carbonyl (C=O) groups is 2. The standard InChI is InChI=1S/C21H25ClN4O3/c1-23-21(28)18-8-3-15(13-19(18)22)24-14-20(27)26-11-9-25(10-12-26)16-4-6-17(29-2)7-5-16/h3-8,13,24H,9-12,14H2,1-2H3,(H,23,28). The number of hydrogen-bond acceptors (Lipinski definition) is 5. The van der Waals surface area contributed by atoms with E-state index < -0.39 is 0 Å². The Hall–Kier alpha value is -2.93. The first-order chi connectivity index (χ1) is 14.0. The number of benzene rings is 2. The van der Waals surface area contributed by atoms with Crippen molar-refractivity contribution in [3.63, 3.8) is 0 Å². The number of ether oxygens (including phenoxy) is 1. The SMILES string of the molecule is CNC(=O)c1ccc(NCC(=O)N2CCN(c3ccc(OC)cc3)CC2)cc1Cl. The van der Waals surface area contributed by atoms with Gasteiger partial charge in [-0.05, 0) is 42.5 Å². The maximum Gasteiger partial charge on any atom is 0.252 e. The molecule has 1 heterocycles. The van der Waals surface area contributed by atoms with Gasteiger partial charge in [0.2, 0.25) is 5.91 Å². The van der Waals surface area contributed by atoms with E-state index in [9.17, 15) is 9.59 Å². The molecule has 0 aromatic heterocycles. The van der Waals surface area contributed by atoms with E-state index in [1.807, 2.05) is 29.2 Å². The van der Waals surface area contributed by atoms with Crippen molar-refractivity contribution in [2.75, 3.05) is 57.1 Å². The Labute approximate surface area is 175 Å². The smallest absolute Gasteiger partial charge is 0.252 e. The van der Waals surface area contributed by atoms with Gasteiger partial charge in [-0.1, -0.05) is 11.6 Å². The monoisotopic (exact) mass is 416 g/mol. The molecule has 2 amide bonds. The molecule has 0 aliphatic carbocycles. The summed E-state index contributed by atoms with van der Waals surface area (Å²) in [5.41, 5.74) is 2.23. The second-order valence-electron chi connectivity index (χ2n) is 6.69. The van der Waals surface area contributed by atoms with E-state index in [1.54, 1.807) is 32.4 Å². The van der Waals surface area contributed by atoms with Crippen LogP contribution in [0.25, 0.3) is 0 Å². The molecule has 1 aliphatic heterocycles. The molecular weight excluding hydrogens is 392 g/mol. The van der Waals surface area contributed by atoms with Gasteiger partial charge in [0.15, 0.2) is 0 Å². The van der Waals surface area contributed by atoms with Crippen molar-refractivity contribution in [1.82, 2.24) is 10.2 Å². The van der Waals surface area contributed by atoms with Crippen LogP contribution in [0.15, 0.2) is 42.5 Å². The fourth-order valence-corrected chi connectivity index (χ4v) is 3.51. The summed E-state index contributed by atoms with van der Waals surface area (Å²) in [5, 5.41) is 5.97. The summed E-state index contributed by atoms with van der Waals surface area (Å²) in [6, 6.07) is 13.0. The number of carbonyl (C=O) groups excluding carboxylic acids is 2. The zero-order chi connectivity index (χ0) is 20.8. The molecule has 7 nitrogen and oxygen atoms in total. The van der Waals surface area contributed by atoms with Gasteiger partial charge in [-0.2, -0.15) is 0 Å². The number of methoxy groups -OCH3 is 1. The second-order valence-corrected chi connectivity index (χ2v) is 7.10. The van der Waals surface area contributed by atoms with E-state index in [0.29, 0.717) is 29.4 Å². The Morgan fingerprint density at radius 1 is 1.07 bits per heavy atom. The minimum Gasteiger partial charge on any atom is -0.497 e. The normalized spacial score (nSPS) is 13.8. The van der Waals surface area contributed by atoms with Gasteiger partial charge in [-0.3, -0.25) is 9.59 Å². The lowest BCUT2D eigenvalue weighted by molar-refractivity contribution is -0.129. The average molecular weight is 417 g/mol. The zero-order valence-electron chi connectivity index (χ0n) is 16.6. The van der Waals surface area contributed by atoms with Crippen LogP contribution in [0.4, 0.5) is 11.4 Å². The molecule has 0 bridgehead atoms. The van der Waals surface area contributed by atoms with Gasteiger partial charge >= 0.3 is 0 Å². The van der Waals surface area contributed by atoms with Gasteiger partial charge in [-0.15, -0.1) is 0 Å². The molecule has 0 spiro atoms. The highest BCUT2D eigenvalue weighted by Gasteiger charge is 2.21. The largest absolute Gasteiger partial charge is 0.497 e. The van der Waals surface area contributed by atoms with Crippen LogP contribution in [0.1, 0.15) is 10.4 Å². The van der Waals surface area contributed by atoms with Gasteiger partial charge in [0, 0.05) is 44.6 Å². The summed E-state index contributed by atoms with van der Waals surface area (Å²) >= 11 is 6.15. The van der Waals surface area contributed by atoms with Gasteiger partial charge in [0.25, 0.3) is 5.91 Å². The van der Waals surface area contributed by atoms with Gasteiger partial charge < -0.3 is 25.2 Å². The van der Waals surface area contributed by atoms with Crippen LogP contribution in [-0.4, -0.2) is 63.6 Å². The average Bonchev–Trinajstić information content (AvgIpc) is 2.77. The number of rotatable bonds is 6. The first-order valence-corrected chi connectivity index (χ1v) is 9.82. The van der Waals surface area contributed by atoms with Gasteiger partial charge in [0.1, 0.15) is 5.75 Å². The number of anilines is 2.